The highest BCUT2D eigenvalue weighted by atomic mass is 31.0. The Morgan fingerprint density at radius 2 is 0.833 bits per heavy atom. The minimum absolute atomic E-state index is 0. The molecule has 0 N–H and O–H groups in total. The largest absolute Gasteiger partial charge is 0.460 e. The van der Waals surface area contributed by atoms with Crippen LogP contribution in [0.15, 0.2) is 0 Å². The molecule has 1 aliphatic rings. The third kappa shape index (κ3) is 4.70. The average Bonchev–Trinajstić information content (AvgIpc) is 2.42. The molecule has 1 saturated carbocycles. The van der Waals surface area contributed by atoms with E-state index in [0.29, 0.717) is 25.7 Å². The monoisotopic (exact) mass is 392 g/mol. The summed E-state index contributed by atoms with van der Waals surface area (Å²) in [5.74, 6) is -20.9. The molecule has 0 aliphatic heterocycles. The molecule has 0 amide bonds. The van der Waals surface area contributed by atoms with Crippen molar-refractivity contribution < 1.29 is 39.5 Å². The summed E-state index contributed by atoms with van der Waals surface area (Å²) >= 11 is 0. The van der Waals surface area contributed by atoms with E-state index in [1.165, 1.54) is 0 Å². The van der Waals surface area contributed by atoms with Crippen LogP contribution in [0.4, 0.5) is 39.5 Å². The smallest absolute Gasteiger partial charge is 0.199 e. The number of rotatable bonds is 3. The summed E-state index contributed by atoms with van der Waals surface area (Å²) in [5, 5.41) is 0. The molecule has 0 aromatic rings. The van der Waals surface area contributed by atoms with Gasteiger partial charge < -0.3 is 0 Å². The lowest BCUT2D eigenvalue weighted by Crippen LogP contribution is -2.63. The van der Waals surface area contributed by atoms with Gasteiger partial charge in [0.25, 0.3) is 0 Å². The molecule has 0 nitrogen and oxygen atoms in total. The van der Waals surface area contributed by atoms with E-state index in [9.17, 15) is 39.5 Å². The summed E-state index contributed by atoms with van der Waals surface area (Å²) in [5.41, 5.74) is 0. The van der Waals surface area contributed by atoms with Gasteiger partial charge in [0.1, 0.15) is 0 Å². The van der Waals surface area contributed by atoms with Gasteiger partial charge in [-0.3, -0.25) is 0 Å². The molecule has 10 heteroatoms. The summed E-state index contributed by atoms with van der Waals surface area (Å²) in [6.45, 7) is 0. The molecule has 0 bridgehead atoms. The lowest BCUT2D eigenvalue weighted by molar-refractivity contribution is -0.403. The van der Waals surface area contributed by atoms with Crippen molar-refractivity contribution in [1.82, 2.24) is 0 Å². The van der Waals surface area contributed by atoms with Crippen LogP contribution in [0, 0.1) is 5.92 Å². The van der Waals surface area contributed by atoms with Crippen molar-refractivity contribution in [3.8, 4) is 0 Å². The highest BCUT2D eigenvalue weighted by Gasteiger charge is 2.82. The molecule has 0 aromatic carbocycles. The van der Waals surface area contributed by atoms with Crippen LogP contribution in [0.2, 0.25) is 0 Å². The minimum Gasteiger partial charge on any atom is -0.199 e. The van der Waals surface area contributed by atoms with E-state index in [2.05, 4.69) is 0 Å². The van der Waals surface area contributed by atoms with Crippen LogP contribution in [0.3, 0.4) is 0 Å². The van der Waals surface area contributed by atoms with E-state index in [1.54, 1.807) is 0 Å². The first-order valence-corrected chi connectivity index (χ1v) is 7.56. The SMILES string of the molecule is FC(F)(F)C(F)(F)C(F)(F)C(F)(F)C1CCCCCCCCC1.P. The lowest BCUT2D eigenvalue weighted by atomic mass is 9.83. The fraction of sp³-hybridized carbons (Fsp3) is 1.00. The first-order valence-electron chi connectivity index (χ1n) is 7.56. The van der Waals surface area contributed by atoms with Crippen LogP contribution >= 0.6 is 9.90 Å². The van der Waals surface area contributed by atoms with Crippen LogP contribution in [0.5, 0.6) is 0 Å². The second-order valence-electron chi connectivity index (χ2n) is 6.02. The third-order valence-electron chi connectivity index (χ3n) is 4.29. The fourth-order valence-electron chi connectivity index (χ4n) is 2.82. The quantitative estimate of drug-likeness (QED) is 0.373. The number of halogens is 9. The predicted molar refractivity (Wildman–Crippen MR) is 77.0 cm³/mol. The van der Waals surface area contributed by atoms with Gasteiger partial charge in [0.15, 0.2) is 0 Å². The van der Waals surface area contributed by atoms with Gasteiger partial charge in [0.05, 0.1) is 0 Å². The van der Waals surface area contributed by atoms with Crippen LogP contribution in [0.25, 0.3) is 0 Å². The van der Waals surface area contributed by atoms with Gasteiger partial charge in [-0.15, -0.1) is 0 Å². The second-order valence-corrected chi connectivity index (χ2v) is 6.02. The number of hydrogen-bond donors (Lipinski definition) is 0. The van der Waals surface area contributed by atoms with Gasteiger partial charge >= 0.3 is 23.9 Å². The summed E-state index contributed by atoms with van der Waals surface area (Å²) in [6.07, 6.45) is -4.31. The Morgan fingerprint density at radius 3 is 1.17 bits per heavy atom. The Kier molecular flexibility index (Phi) is 8.38. The van der Waals surface area contributed by atoms with Crippen molar-refractivity contribution in [2.24, 2.45) is 5.92 Å². The predicted octanol–water partition coefficient (Wildman–Crippen LogP) is 6.65. The third-order valence-corrected chi connectivity index (χ3v) is 4.29. The van der Waals surface area contributed by atoms with E-state index >= 15 is 0 Å². The Bertz CT molecular complexity index is 369. The van der Waals surface area contributed by atoms with E-state index in [1.807, 2.05) is 0 Å². The van der Waals surface area contributed by atoms with E-state index < -0.39 is 42.7 Å². The highest BCUT2D eigenvalue weighted by Crippen LogP contribution is 2.56. The molecule has 0 aromatic heterocycles. The Hall–Kier alpha value is -0.200. The van der Waals surface area contributed by atoms with E-state index in [-0.39, 0.29) is 22.7 Å². The molecule has 146 valence electrons. The van der Waals surface area contributed by atoms with Crippen molar-refractivity contribution in [2.75, 3.05) is 0 Å². The van der Waals surface area contributed by atoms with Gasteiger partial charge in [-0.25, -0.2) is 0 Å². The number of alkyl halides is 9. The highest BCUT2D eigenvalue weighted by molar-refractivity contribution is 6.92. The summed E-state index contributed by atoms with van der Waals surface area (Å²) < 4.78 is 117. The Morgan fingerprint density at radius 1 is 0.500 bits per heavy atom. The normalized spacial score (nSPS) is 20.4. The molecule has 1 aliphatic carbocycles. The van der Waals surface area contributed by atoms with Crippen LogP contribution < -0.4 is 0 Å². The van der Waals surface area contributed by atoms with Crippen molar-refractivity contribution in [3.63, 3.8) is 0 Å². The molecule has 24 heavy (non-hydrogen) atoms. The zero-order chi connectivity index (χ0) is 17.9. The maximum Gasteiger partial charge on any atom is 0.460 e. The minimum atomic E-state index is -6.78. The van der Waals surface area contributed by atoms with Crippen LogP contribution in [-0.2, 0) is 0 Å². The Labute approximate surface area is 138 Å². The zero-order valence-electron chi connectivity index (χ0n) is 13.1. The molecule has 0 heterocycles. The van der Waals surface area contributed by atoms with Crippen molar-refractivity contribution in [2.45, 2.75) is 81.7 Å². The van der Waals surface area contributed by atoms with Gasteiger partial charge in [0.2, 0.25) is 0 Å². The molecule has 0 saturated heterocycles. The lowest BCUT2D eigenvalue weighted by Gasteiger charge is -2.38. The first-order chi connectivity index (χ1) is 10.4. The molecule has 1 fully saturated rings. The maximum absolute atomic E-state index is 13.9. The van der Waals surface area contributed by atoms with Crippen LogP contribution in [0.1, 0.15) is 57.8 Å². The molecule has 0 spiro atoms. The van der Waals surface area contributed by atoms with Gasteiger partial charge in [0, 0.05) is 5.92 Å². The molecule has 1 rings (SSSR count). The van der Waals surface area contributed by atoms with Crippen molar-refractivity contribution >= 4 is 9.90 Å². The number of hydrogen-bond acceptors (Lipinski definition) is 0. The molecular formula is C14H22F9P. The van der Waals surface area contributed by atoms with Crippen molar-refractivity contribution in [1.29, 1.82) is 0 Å². The first kappa shape index (κ1) is 23.8. The molecule has 0 radical (unpaired) electrons. The standard InChI is InChI=1S/C14H19F9.H3P/c15-11(16,12(17,18)13(19,20)14(21,22)23)10-8-6-4-2-1-3-5-7-9-10;/h10H,1-9H2;1H3. The van der Waals surface area contributed by atoms with Crippen molar-refractivity contribution in [3.05, 3.63) is 0 Å². The fourth-order valence-corrected chi connectivity index (χ4v) is 2.82. The topological polar surface area (TPSA) is 0 Å². The van der Waals surface area contributed by atoms with Gasteiger partial charge in [-0.05, 0) is 12.8 Å². The molecular weight excluding hydrogens is 370 g/mol. The summed E-state index contributed by atoms with van der Waals surface area (Å²) in [7, 11) is 0. The average molecular weight is 392 g/mol. The van der Waals surface area contributed by atoms with Crippen LogP contribution in [-0.4, -0.2) is 23.9 Å². The van der Waals surface area contributed by atoms with Gasteiger partial charge in [-0.2, -0.15) is 49.4 Å². The maximum atomic E-state index is 13.9. The van der Waals surface area contributed by atoms with Gasteiger partial charge in [-0.1, -0.05) is 44.9 Å². The summed E-state index contributed by atoms with van der Waals surface area (Å²) in [4.78, 5) is 0. The second kappa shape index (κ2) is 8.45. The summed E-state index contributed by atoms with van der Waals surface area (Å²) in [6, 6.07) is 0. The zero-order valence-corrected chi connectivity index (χ0v) is 14.5. The molecule has 1 unspecified atom stereocenters. The molecule has 1 atom stereocenters. The Balaban J connectivity index is 0.00000529. The van der Waals surface area contributed by atoms with E-state index in [0.717, 1.165) is 6.42 Å². The van der Waals surface area contributed by atoms with E-state index in [4.69, 9.17) is 0 Å².